The number of carbonyl (C=O) groups is 1. The van der Waals surface area contributed by atoms with Gasteiger partial charge in [-0.3, -0.25) is 9.78 Å². The summed E-state index contributed by atoms with van der Waals surface area (Å²) in [6, 6.07) is 6.38. The van der Waals surface area contributed by atoms with Crippen molar-refractivity contribution in [2.45, 2.75) is 26.1 Å². The van der Waals surface area contributed by atoms with Gasteiger partial charge >= 0.3 is 0 Å². The van der Waals surface area contributed by atoms with Gasteiger partial charge in [0.2, 0.25) is 5.79 Å². The summed E-state index contributed by atoms with van der Waals surface area (Å²) in [6.45, 7) is 3.80. The molecule has 0 radical (unpaired) electrons. The summed E-state index contributed by atoms with van der Waals surface area (Å²) < 4.78 is 25.0. The molecule has 0 bridgehead atoms. The van der Waals surface area contributed by atoms with Gasteiger partial charge in [-0.05, 0) is 18.2 Å². The first-order valence-electron chi connectivity index (χ1n) is 6.94. The Labute approximate surface area is 127 Å². The summed E-state index contributed by atoms with van der Waals surface area (Å²) in [5.41, 5.74) is 0.440. The van der Waals surface area contributed by atoms with Crippen LogP contribution in [0.4, 0.5) is 10.1 Å². The summed E-state index contributed by atoms with van der Waals surface area (Å²) in [5, 5.41) is 2.63. The van der Waals surface area contributed by atoms with Crippen LogP contribution in [0.15, 0.2) is 36.7 Å². The van der Waals surface area contributed by atoms with Crippen LogP contribution >= 0.6 is 0 Å². The standard InChI is InChI=1S/C16H15FN2O3/c1-3-16(2)21-13-5-4-10(8-14(13)22-16)19-15(20)11-6-7-18-9-12(11)17/h4-9H,3H2,1-2H3,(H,19,20)/t16-/m0/s1. The van der Waals surface area contributed by atoms with Crippen molar-refractivity contribution in [2.75, 3.05) is 5.32 Å². The average molecular weight is 302 g/mol. The van der Waals surface area contributed by atoms with Gasteiger partial charge < -0.3 is 14.8 Å². The molecule has 1 aromatic carbocycles. The molecular formula is C16H15FN2O3. The van der Waals surface area contributed by atoms with Gasteiger partial charge in [-0.15, -0.1) is 0 Å². The van der Waals surface area contributed by atoms with E-state index in [9.17, 15) is 9.18 Å². The fraction of sp³-hybridized carbons (Fsp3) is 0.250. The average Bonchev–Trinajstić information content (AvgIpc) is 2.84. The second-order valence-corrected chi connectivity index (χ2v) is 5.16. The van der Waals surface area contributed by atoms with Gasteiger partial charge in [0.1, 0.15) is 0 Å². The summed E-state index contributed by atoms with van der Waals surface area (Å²) in [7, 11) is 0. The van der Waals surface area contributed by atoms with Crippen LogP contribution in [-0.4, -0.2) is 16.7 Å². The molecule has 114 valence electrons. The van der Waals surface area contributed by atoms with E-state index in [1.807, 2.05) is 13.8 Å². The minimum atomic E-state index is -0.692. The molecule has 1 aliphatic rings. The lowest BCUT2D eigenvalue weighted by Crippen LogP contribution is -2.33. The second kappa shape index (κ2) is 5.29. The maximum Gasteiger partial charge on any atom is 0.258 e. The van der Waals surface area contributed by atoms with Crippen LogP contribution in [0.1, 0.15) is 30.6 Å². The molecule has 1 amide bonds. The van der Waals surface area contributed by atoms with E-state index in [4.69, 9.17) is 9.47 Å². The van der Waals surface area contributed by atoms with E-state index in [0.29, 0.717) is 23.6 Å². The maximum atomic E-state index is 13.5. The third-order valence-electron chi connectivity index (χ3n) is 3.51. The molecule has 6 heteroatoms. The molecule has 0 saturated heterocycles. The number of benzene rings is 1. The number of fused-ring (bicyclic) bond motifs is 1. The molecule has 1 aromatic heterocycles. The van der Waals surface area contributed by atoms with Crippen LogP contribution in [-0.2, 0) is 0 Å². The lowest BCUT2D eigenvalue weighted by atomic mass is 10.2. The monoisotopic (exact) mass is 302 g/mol. The van der Waals surface area contributed by atoms with Gasteiger partial charge in [-0.2, -0.15) is 0 Å². The van der Waals surface area contributed by atoms with Gasteiger partial charge in [0, 0.05) is 31.3 Å². The normalized spacial score (nSPS) is 19.0. The van der Waals surface area contributed by atoms with Gasteiger partial charge in [0.05, 0.1) is 11.8 Å². The van der Waals surface area contributed by atoms with Gasteiger partial charge in [0.25, 0.3) is 5.91 Å². The first-order valence-corrected chi connectivity index (χ1v) is 6.94. The van der Waals surface area contributed by atoms with E-state index >= 15 is 0 Å². The minimum Gasteiger partial charge on any atom is -0.449 e. The highest BCUT2D eigenvalue weighted by Crippen LogP contribution is 2.42. The predicted molar refractivity (Wildman–Crippen MR) is 78.5 cm³/mol. The first-order chi connectivity index (χ1) is 10.5. The molecule has 0 aliphatic carbocycles. The van der Waals surface area contributed by atoms with E-state index in [2.05, 4.69) is 10.3 Å². The largest absolute Gasteiger partial charge is 0.449 e. The van der Waals surface area contributed by atoms with E-state index in [0.717, 1.165) is 6.20 Å². The van der Waals surface area contributed by atoms with Crippen molar-refractivity contribution in [3.63, 3.8) is 0 Å². The molecule has 1 atom stereocenters. The van der Waals surface area contributed by atoms with Crippen molar-refractivity contribution < 1.29 is 18.7 Å². The number of rotatable bonds is 3. The number of hydrogen-bond acceptors (Lipinski definition) is 4. The number of anilines is 1. The molecule has 22 heavy (non-hydrogen) atoms. The Kier molecular flexibility index (Phi) is 3.44. The van der Waals surface area contributed by atoms with Crippen molar-refractivity contribution in [3.8, 4) is 11.5 Å². The third-order valence-corrected chi connectivity index (χ3v) is 3.51. The highest BCUT2D eigenvalue weighted by atomic mass is 19.1. The Morgan fingerprint density at radius 2 is 2.09 bits per heavy atom. The number of nitrogens with zero attached hydrogens (tertiary/aromatic N) is 1. The van der Waals surface area contributed by atoms with Crippen molar-refractivity contribution in [2.24, 2.45) is 0 Å². The molecule has 0 spiro atoms. The molecule has 2 heterocycles. The number of halogens is 1. The molecule has 1 N–H and O–H groups in total. The predicted octanol–water partition coefficient (Wildman–Crippen LogP) is 3.37. The zero-order valence-corrected chi connectivity index (χ0v) is 12.2. The highest BCUT2D eigenvalue weighted by Gasteiger charge is 2.35. The molecule has 5 nitrogen and oxygen atoms in total. The van der Waals surface area contributed by atoms with Crippen molar-refractivity contribution >= 4 is 11.6 Å². The molecule has 0 fully saturated rings. The molecule has 3 rings (SSSR count). The number of amides is 1. The lowest BCUT2D eigenvalue weighted by Gasteiger charge is -2.20. The molecular weight excluding hydrogens is 287 g/mol. The van der Waals surface area contributed by atoms with Crippen molar-refractivity contribution in [1.29, 1.82) is 0 Å². The van der Waals surface area contributed by atoms with Crippen LogP contribution in [0, 0.1) is 5.82 Å². The number of aromatic nitrogens is 1. The minimum absolute atomic E-state index is 0.0638. The van der Waals surface area contributed by atoms with Crippen LogP contribution in [0.5, 0.6) is 11.5 Å². The molecule has 2 aromatic rings. The lowest BCUT2D eigenvalue weighted by molar-refractivity contribution is -0.0640. The highest BCUT2D eigenvalue weighted by molar-refractivity contribution is 6.04. The van der Waals surface area contributed by atoms with Gasteiger partial charge in [0.15, 0.2) is 17.3 Å². The Morgan fingerprint density at radius 3 is 2.82 bits per heavy atom. The first kappa shape index (κ1) is 14.3. The second-order valence-electron chi connectivity index (χ2n) is 5.16. The molecule has 0 unspecified atom stereocenters. The summed E-state index contributed by atoms with van der Waals surface area (Å²) in [5.74, 6) is -0.728. The fourth-order valence-corrected chi connectivity index (χ4v) is 2.14. The van der Waals surface area contributed by atoms with Crippen LogP contribution in [0.2, 0.25) is 0 Å². The topological polar surface area (TPSA) is 60.5 Å². The van der Waals surface area contributed by atoms with Gasteiger partial charge in [-0.1, -0.05) is 6.92 Å². The number of hydrogen-bond donors (Lipinski definition) is 1. The van der Waals surface area contributed by atoms with Crippen molar-refractivity contribution in [3.05, 3.63) is 48.0 Å². The summed E-state index contributed by atoms with van der Waals surface area (Å²) in [6.07, 6.45) is 3.05. The number of carbonyl (C=O) groups excluding carboxylic acids is 1. The molecule has 1 aliphatic heterocycles. The third kappa shape index (κ3) is 2.59. The van der Waals surface area contributed by atoms with E-state index in [-0.39, 0.29) is 5.56 Å². The number of ether oxygens (including phenoxy) is 2. The Bertz CT molecular complexity index is 735. The van der Waals surface area contributed by atoms with Crippen LogP contribution < -0.4 is 14.8 Å². The van der Waals surface area contributed by atoms with E-state index in [1.165, 1.54) is 12.3 Å². The van der Waals surface area contributed by atoms with Crippen LogP contribution in [0.3, 0.4) is 0 Å². The van der Waals surface area contributed by atoms with Crippen LogP contribution in [0.25, 0.3) is 0 Å². The zero-order valence-electron chi connectivity index (χ0n) is 12.2. The SMILES string of the molecule is CC[C@@]1(C)Oc2ccc(NC(=O)c3ccncc3F)cc2O1. The zero-order chi connectivity index (χ0) is 15.7. The number of pyridine rings is 1. The Morgan fingerprint density at radius 1 is 1.32 bits per heavy atom. The number of nitrogens with one attached hydrogen (secondary N) is 1. The van der Waals surface area contributed by atoms with E-state index in [1.54, 1.807) is 18.2 Å². The quantitative estimate of drug-likeness (QED) is 0.944. The smallest absolute Gasteiger partial charge is 0.258 e. The maximum absolute atomic E-state index is 13.5. The molecule has 0 saturated carbocycles. The van der Waals surface area contributed by atoms with Crippen molar-refractivity contribution in [1.82, 2.24) is 4.98 Å². The summed E-state index contributed by atoms with van der Waals surface area (Å²) in [4.78, 5) is 15.7. The Balaban J connectivity index is 1.80. The van der Waals surface area contributed by atoms with E-state index < -0.39 is 17.5 Å². The van der Waals surface area contributed by atoms with Gasteiger partial charge in [-0.25, -0.2) is 4.39 Å². The summed E-state index contributed by atoms with van der Waals surface area (Å²) >= 11 is 0. The Hall–Kier alpha value is -2.63. The fourth-order valence-electron chi connectivity index (χ4n) is 2.14.